The van der Waals surface area contributed by atoms with Crippen LogP contribution in [-0.2, 0) is 6.61 Å². The van der Waals surface area contributed by atoms with Gasteiger partial charge in [0, 0.05) is 10.0 Å². The second kappa shape index (κ2) is 4.48. The summed E-state index contributed by atoms with van der Waals surface area (Å²) in [5.74, 6) is 1.19. The SMILES string of the molecule is COc1ccc(Br)c(CO)c1OC. The molecule has 0 aliphatic rings. The first-order valence-corrected chi connectivity index (χ1v) is 4.54. The minimum absolute atomic E-state index is 0.0824. The Labute approximate surface area is 85.4 Å². The maximum Gasteiger partial charge on any atom is 0.167 e. The second-order valence-electron chi connectivity index (χ2n) is 2.42. The summed E-state index contributed by atoms with van der Waals surface area (Å²) < 4.78 is 11.0. The van der Waals surface area contributed by atoms with E-state index in [0.29, 0.717) is 17.1 Å². The van der Waals surface area contributed by atoms with E-state index in [9.17, 15) is 0 Å². The number of methoxy groups -OCH3 is 2. The number of aliphatic hydroxyl groups excluding tert-OH is 1. The van der Waals surface area contributed by atoms with Gasteiger partial charge in [0.05, 0.1) is 20.8 Å². The lowest BCUT2D eigenvalue weighted by Gasteiger charge is -2.12. The van der Waals surface area contributed by atoms with Crippen LogP contribution in [0.1, 0.15) is 5.56 Å². The average Bonchev–Trinajstić information content (AvgIpc) is 2.17. The molecule has 0 atom stereocenters. The minimum Gasteiger partial charge on any atom is -0.493 e. The van der Waals surface area contributed by atoms with E-state index in [1.807, 2.05) is 6.07 Å². The van der Waals surface area contributed by atoms with Crippen LogP contribution in [0.25, 0.3) is 0 Å². The van der Waals surface area contributed by atoms with Crippen molar-refractivity contribution >= 4 is 15.9 Å². The zero-order valence-corrected chi connectivity index (χ0v) is 9.09. The Hall–Kier alpha value is -0.740. The van der Waals surface area contributed by atoms with E-state index in [-0.39, 0.29) is 6.61 Å². The Balaban J connectivity index is 3.27. The topological polar surface area (TPSA) is 38.7 Å². The first kappa shape index (κ1) is 10.3. The van der Waals surface area contributed by atoms with Crippen LogP contribution in [0.4, 0.5) is 0 Å². The first-order valence-electron chi connectivity index (χ1n) is 3.74. The van der Waals surface area contributed by atoms with Gasteiger partial charge in [-0.2, -0.15) is 0 Å². The molecule has 1 aromatic rings. The largest absolute Gasteiger partial charge is 0.493 e. The van der Waals surface area contributed by atoms with E-state index >= 15 is 0 Å². The van der Waals surface area contributed by atoms with Gasteiger partial charge in [0.1, 0.15) is 0 Å². The number of hydrogen-bond donors (Lipinski definition) is 1. The van der Waals surface area contributed by atoms with Gasteiger partial charge in [0.2, 0.25) is 0 Å². The molecule has 0 amide bonds. The molecule has 0 radical (unpaired) electrons. The predicted octanol–water partition coefficient (Wildman–Crippen LogP) is 1.96. The summed E-state index contributed by atoms with van der Waals surface area (Å²) in [6, 6.07) is 3.59. The van der Waals surface area contributed by atoms with E-state index in [2.05, 4.69) is 15.9 Å². The summed E-state index contributed by atoms with van der Waals surface area (Å²) >= 11 is 3.32. The van der Waals surface area contributed by atoms with Gasteiger partial charge < -0.3 is 14.6 Å². The molecule has 1 rings (SSSR count). The fourth-order valence-corrected chi connectivity index (χ4v) is 1.55. The Bertz CT molecular complexity index is 299. The predicted molar refractivity (Wildman–Crippen MR) is 53.2 cm³/mol. The fourth-order valence-electron chi connectivity index (χ4n) is 1.11. The molecule has 13 heavy (non-hydrogen) atoms. The lowest BCUT2D eigenvalue weighted by molar-refractivity contribution is 0.269. The minimum atomic E-state index is -0.0824. The number of ether oxygens (including phenoxy) is 2. The van der Waals surface area contributed by atoms with E-state index in [1.54, 1.807) is 20.3 Å². The quantitative estimate of drug-likeness (QED) is 0.887. The Kier molecular flexibility index (Phi) is 3.57. The molecule has 0 aliphatic heterocycles. The molecule has 0 saturated carbocycles. The zero-order valence-electron chi connectivity index (χ0n) is 7.50. The van der Waals surface area contributed by atoms with Crippen molar-refractivity contribution in [2.24, 2.45) is 0 Å². The average molecular weight is 247 g/mol. The standard InChI is InChI=1S/C9H11BrO3/c1-12-8-4-3-7(10)6(5-11)9(8)13-2/h3-4,11H,5H2,1-2H3. The molecule has 0 fully saturated rings. The van der Waals surface area contributed by atoms with Crippen LogP contribution in [-0.4, -0.2) is 19.3 Å². The summed E-state index contributed by atoms with van der Waals surface area (Å²) in [5, 5.41) is 9.08. The smallest absolute Gasteiger partial charge is 0.167 e. The molecule has 0 bridgehead atoms. The number of aliphatic hydroxyl groups is 1. The third kappa shape index (κ3) is 1.95. The molecule has 1 aromatic carbocycles. The van der Waals surface area contributed by atoms with Gasteiger partial charge in [-0.1, -0.05) is 15.9 Å². The van der Waals surface area contributed by atoms with Gasteiger partial charge in [-0.05, 0) is 12.1 Å². The third-order valence-electron chi connectivity index (χ3n) is 1.75. The number of hydrogen-bond acceptors (Lipinski definition) is 3. The van der Waals surface area contributed by atoms with Gasteiger partial charge in [0.25, 0.3) is 0 Å². The molecule has 72 valence electrons. The number of benzene rings is 1. The Morgan fingerprint density at radius 2 is 2.00 bits per heavy atom. The highest BCUT2D eigenvalue weighted by Crippen LogP contribution is 2.35. The van der Waals surface area contributed by atoms with Crippen molar-refractivity contribution in [3.8, 4) is 11.5 Å². The maximum absolute atomic E-state index is 9.08. The van der Waals surface area contributed by atoms with Gasteiger partial charge in [-0.3, -0.25) is 0 Å². The summed E-state index contributed by atoms with van der Waals surface area (Å²) in [6.07, 6.45) is 0. The van der Waals surface area contributed by atoms with Gasteiger partial charge in [-0.25, -0.2) is 0 Å². The summed E-state index contributed by atoms with van der Waals surface area (Å²) in [6.45, 7) is -0.0824. The van der Waals surface area contributed by atoms with E-state index < -0.39 is 0 Å². The van der Waals surface area contributed by atoms with Gasteiger partial charge >= 0.3 is 0 Å². The van der Waals surface area contributed by atoms with Crippen molar-refractivity contribution in [1.82, 2.24) is 0 Å². The fraction of sp³-hybridized carbons (Fsp3) is 0.333. The van der Waals surface area contributed by atoms with Crippen LogP contribution in [0.15, 0.2) is 16.6 Å². The summed E-state index contributed by atoms with van der Waals surface area (Å²) in [4.78, 5) is 0. The van der Waals surface area contributed by atoms with E-state index in [0.717, 1.165) is 4.47 Å². The summed E-state index contributed by atoms with van der Waals surface area (Å²) in [7, 11) is 3.11. The molecule has 4 heteroatoms. The van der Waals surface area contributed by atoms with Crippen molar-refractivity contribution in [3.05, 3.63) is 22.2 Å². The van der Waals surface area contributed by atoms with Crippen molar-refractivity contribution in [2.45, 2.75) is 6.61 Å². The van der Waals surface area contributed by atoms with Crippen molar-refractivity contribution in [3.63, 3.8) is 0 Å². The molecule has 0 spiro atoms. The van der Waals surface area contributed by atoms with Crippen LogP contribution in [0.3, 0.4) is 0 Å². The van der Waals surface area contributed by atoms with E-state index in [1.165, 1.54) is 0 Å². The lowest BCUT2D eigenvalue weighted by atomic mass is 10.2. The Morgan fingerprint density at radius 3 is 2.46 bits per heavy atom. The van der Waals surface area contributed by atoms with Crippen LogP contribution < -0.4 is 9.47 Å². The molecule has 0 unspecified atom stereocenters. The maximum atomic E-state index is 9.08. The van der Waals surface area contributed by atoms with Crippen molar-refractivity contribution in [2.75, 3.05) is 14.2 Å². The zero-order chi connectivity index (χ0) is 9.84. The molecule has 0 saturated heterocycles. The van der Waals surface area contributed by atoms with Crippen LogP contribution in [0.5, 0.6) is 11.5 Å². The van der Waals surface area contributed by atoms with Crippen LogP contribution in [0.2, 0.25) is 0 Å². The molecule has 3 nitrogen and oxygen atoms in total. The monoisotopic (exact) mass is 246 g/mol. The second-order valence-corrected chi connectivity index (χ2v) is 3.27. The van der Waals surface area contributed by atoms with Gasteiger partial charge in [0.15, 0.2) is 11.5 Å². The highest BCUT2D eigenvalue weighted by Gasteiger charge is 2.11. The number of rotatable bonds is 3. The van der Waals surface area contributed by atoms with Crippen molar-refractivity contribution in [1.29, 1.82) is 0 Å². The molecule has 0 heterocycles. The molecule has 0 aliphatic carbocycles. The summed E-state index contributed by atoms with van der Waals surface area (Å²) in [5.41, 5.74) is 0.696. The molecule has 0 aromatic heterocycles. The Morgan fingerprint density at radius 1 is 1.31 bits per heavy atom. The first-order chi connectivity index (χ1) is 6.24. The third-order valence-corrected chi connectivity index (χ3v) is 2.49. The molecular formula is C9H11BrO3. The lowest BCUT2D eigenvalue weighted by Crippen LogP contribution is -1.96. The number of halogens is 1. The highest BCUT2D eigenvalue weighted by atomic mass is 79.9. The van der Waals surface area contributed by atoms with E-state index in [4.69, 9.17) is 14.6 Å². The van der Waals surface area contributed by atoms with Crippen LogP contribution >= 0.6 is 15.9 Å². The van der Waals surface area contributed by atoms with Gasteiger partial charge in [-0.15, -0.1) is 0 Å². The highest BCUT2D eigenvalue weighted by molar-refractivity contribution is 9.10. The molecular weight excluding hydrogens is 236 g/mol. The van der Waals surface area contributed by atoms with Crippen LogP contribution in [0, 0.1) is 0 Å². The normalized spacial score (nSPS) is 9.85. The molecule has 1 N–H and O–H groups in total. The van der Waals surface area contributed by atoms with Crippen molar-refractivity contribution < 1.29 is 14.6 Å².